The number of carbonyl (C=O) groups excluding carboxylic acids is 1. The number of benzene rings is 1. The molecule has 6 nitrogen and oxygen atoms in total. The highest BCUT2D eigenvalue weighted by Gasteiger charge is 2.32. The number of fused-ring (bicyclic) bond motifs is 1. The van der Waals surface area contributed by atoms with Gasteiger partial charge in [0.05, 0.1) is 29.8 Å². The number of carboxylic acids is 1. The molecule has 0 saturated carbocycles. The molecule has 0 aliphatic heterocycles. The lowest BCUT2D eigenvalue weighted by Crippen LogP contribution is -2.23. The highest BCUT2D eigenvalue weighted by Crippen LogP contribution is 2.37. The van der Waals surface area contributed by atoms with E-state index in [-0.39, 0.29) is 30.0 Å². The Bertz CT molecular complexity index is 930. The first-order valence-electron chi connectivity index (χ1n) is 9.09. The quantitative estimate of drug-likeness (QED) is 0.746. The fourth-order valence-electron chi connectivity index (χ4n) is 3.31. The molecule has 1 heterocycles. The van der Waals surface area contributed by atoms with E-state index in [1.807, 2.05) is 6.92 Å². The minimum Gasteiger partial charge on any atom is -0.481 e. The molecule has 0 saturated heterocycles. The summed E-state index contributed by atoms with van der Waals surface area (Å²) < 4.78 is 44.5. The number of hydrogen-bond acceptors (Lipinski definition) is 5. The number of ether oxygens (including phenoxy) is 1. The highest BCUT2D eigenvalue weighted by atomic mass is 19.4. The van der Waals surface area contributed by atoms with Crippen molar-refractivity contribution >= 4 is 11.9 Å². The van der Waals surface area contributed by atoms with Crippen LogP contribution in [0.15, 0.2) is 30.3 Å². The summed E-state index contributed by atoms with van der Waals surface area (Å²) in [5.74, 6) is -1.58. The minimum atomic E-state index is -4.48. The van der Waals surface area contributed by atoms with E-state index >= 15 is 0 Å². The summed E-state index contributed by atoms with van der Waals surface area (Å²) >= 11 is 0. The lowest BCUT2D eigenvalue weighted by atomic mass is 9.85. The van der Waals surface area contributed by atoms with E-state index in [0.29, 0.717) is 24.1 Å². The third kappa shape index (κ3) is 5.10. The number of carboxylic acid groups (broad SMARTS) is 1. The van der Waals surface area contributed by atoms with Crippen molar-refractivity contribution in [2.24, 2.45) is 5.92 Å². The number of aromatic nitrogens is 2. The number of halogens is 3. The van der Waals surface area contributed by atoms with Gasteiger partial charge in [0, 0.05) is 11.1 Å². The standard InChI is InChI=1S/C20H19F3N2O4/c1-11-7-16-14(17(8-11)29-19(28)6-5-18(26)27)10-15(24-25-16)12-3-2-4-13(9-12)20(21,22)23/h2-4,9-11,17H,5-8H2,1H3,(H,26,27). The SMILES string of the molecule is CC1Cc2nnc(-c3cccc(C(F)(F)F)c3)cc2C(OC(=O)CCC(=O)O)C1. The Morgan fingerprint density at radius 2 is 1.97 bits per heavy atom. The second-order valence-corrected chi connectivity index (χ2v) is 7.13. The van der Waals surface area contributed by atoms with Crippen molar-refractivity contribution in [1.29, 1.82) is 0 Å². The van der Waals surface area contributed by atoms with Crippen LogP contribution in [-0.2, 0) is 26.9 Å². The van der Waals surface area contributed by atoms with Crippen LogP contribution in [0.25, 0.3) is 11.3 Å². The molecule has 1 aromatic carbocycles. The summed E-state index contributed by atoms with van der Waals surface area (Å²) in [5, 5.41) is 16.9. The number of aliphatic carboxylic acids is 1. The van der Waals surface area contributed by atoms with E-state index in [4.69, 9.17) is 9.84 Å². The van der Waals surface area contributed by atoms with Crippen LogP contribution in [-0.4, -0.2) is 27.2 Å². The van der Waals surface area contributed by atoms with Crippen molar-refractivity contribution in [2.45, 2.75) is 44.9 Å². The molecular formula is C20H19F3N2O4. The normalized spacial score (nSPS) is 18.8. The molecule has 0 amide bonds. The van der Waals surface area contributed by atoms with Crippen molar-refractivity contribution < 1.29 is 32.6 Å². The van der Waals surface area contributed by atoms with Crippen LogP contribution in [0.3, 0.4) is 0 Å². The van der Waals surface area contributed by atoms with Gasteiger partial charge in [0.25, 0.3) is 0 Å². The van der Waals surface area contributed by atoms with Gasteiger partial charge in [-0.15, -0.1) is 0 Å². The number of hydrogen-bond donors (Lipinski definition) is 1. The predicted octanol–water partition coefficient (Wildman–Crippen LogP) is 4.19. The maximum Gasteiger partial charge on any atom is 0.416 e. The Hall–Kier alpha value is -2.97. The third-order valence-electron chi connectivity index (χ3n) is 4.71. The van der Waals surface area contributed by atoms with E-state index in [9.17, 15) is 22.8 Å². The van der Waals surface area contributed by atoms with Crippen molar-refractivity contribution in [3.63, 3.8) is 0 Å². The topological polar surface area (TPSA) is 89.4 Å². The average Bonchev–Trinajstić information content (AvgIpc) is 2.65. The molecule has 2 unspecified atom stereocenters. The molecule has 2 aromatic rings. The maximum absolute atomic E-state index is 13.0. The summed E-state index contributed by atoms with van der Waals surface area (Å²) in [6.07, 6.45) is -4.59. The average molecular weight is 408 g/mol. The Morgan fingerprint density at radius 1 is 1.21 bits per heavy atom. The fraction of sp³-hybridized carbons (Fsp3) is 0.400. The first-order valence-corrected chi connectivity index (χ1v) is 9.09. The fourth-order valence-corrected chi connectivity index (χ4v) is 3.31. The van der Waals surface area contributed by atoms with Crippen molar-refractivity contribution in [3.8, 4) is 11.3 Å². The van der Waals surface area contributed by atoms with E-state index in [1.165, 1.54) is 12.1 Å². The van der Waals surface area contributed by atoms with Crippen LogP contribution in [0.4, 0.5) is 13.2 Å². The lowest BCUT2D eigenvalue weighted by Gasteiger charge is -2.28. The summed E-state index contributed by atoms with van der Waals surface area (Å²) in [6.45, 7) is 1.96. The zero-order valence-corrected chi connectivity index (χ0v) is 15.6. The molecule has 2 atom stereocenters. The molecule has 29 heavy (non-hydrogen) atoms. The maximum atomic E-state index is 13.0. The Balaban J connectivity index is 1.90. The van der Waals surface area contributed by atoms with Gasteiger partial charge in [0.2, 0.25) is 0 Å². The first-order chi connectivity index (χ1) is 13.6. The first kappa shape index (κ1) is 20.8. The van der Waals surface area contributed by atoms with Gasteiger partial charge in [0.15, 0.2) is 0 Å². The molecule has 0 radical (unpaired) electrons. The largest absolute Gasteiger partial charge is 0.481 e. The zero-order valence-electron chi connectivity index (χ0n) is 15.6. The second-order valence-electron chi connectivity index (χ2n) is 7.13. The van der Waals surface area contributed by atoms with Crippen LogP contribution in [0.1, 0.15) is 49.1 Å². The lowest BCUT2D eigenvalue weighted by molar-refractivity contribution is -0.153. The van der Waals surface area contributed by atoms with Gasteiger partial charge in [-0.1, -0.05) is 19.1 Å². The molecule has 0 fully saturated rings. The molecule has 1 aliphatic rings. The zero-order chi connectivity index (χ0) is 21.2. The molecule has 1 aromatic heterocycles. The molecular weight excluding hydrogens is 389 g/mol. The van der Waals surface area contributed by atoms with Crippen LogP contribution < -0.4 is 0 Å². The molecule has 1 aliphatic carbocycles. The van der Waals surface area contributed by atoms with Crippen LogP contribution in [0.5, 0.6) is 0 Å². The molecule has 0 spiro atoms. The van der Waals surface area contributed by atoms with E-state index < -0.39 is 29.8 Å². The van der Waals surface area contributed by atoms with Crippen LogP contribution in [0.2, 0.25) is 0 Å². The number of esters is 1. The molecule has 9 heteroatoms. The molecule has 154 valence electrons. The second kappa shape index (κ2) is 8.18. The molecule has 1 N–H and O–H groups in total. The van der Waals surface area contributed by atoms with Gasteiger partial charge in [-0.2, -0.15) is 23.4 Å². The van der Waals surface area contributed by atoms with Gasteiger partial charge < -0.3 is 9.84 Å². The summed E-state index contributed by atoms with van der Waals surface area (Å²) in [5.41, 5.74) is 0.921. The van der Waals surface area contributed by atoms with E-state index in [2.05, 4.69) is 10.2 Å². The van der Waals surface area contributed by atoms with Crippen molar-refractivity contribution in [2.75, 3.05) is 0 Å². The number of rotatable bonds is 5. The molecule has 0 bridgehead atoms. The number of alkyl halides is 3. The van der Waals surface area contributed by atoms with Gasteiger partial charge in [-0.3, -0.25) is 9.59 Å². The predicted molar refractivity (Wildman–Crippen MR) is 95.7 cm³/mol. The summed E-state index contributed by atoms with van der Waals surface area (Å²) in [6, 6.07) is 6.37. The Morgan fingerprint density at radius 3 is 2.66 bits per heavy atom. The number of carbonyl (C=O) groups is 2. The summed E-state index contributed by atoms with van der Waals surface area (Å²) in [7, 11) is 0. The van der Waals surface area contributed by atoms with Crippen molar-refractivity contribution in [1.82, 2.24) is 10.2 Å². The van der Waals surface area contributed by atoms with E-state index in [0.717, 1.165) is 12.1 Å². The van der Waals surface area contributed by atoms with Crippen LogP contribution in [0, 0.1) is 5.92 Å². The van der Waals surface area contributed by atoms with Crippen molar-refractivity contribution in [3.05, 3.63) is 47.2 Å². The Kier molecular flexibility index (Phi) is 5.86. The third-order valence-corrected chi connectivity index (χ3v) is 4.71. The molecule has 3 rings (SSSR count). The highest BCUT2D eigenvalue weighted by molar-refractivity contribution is 5.76. The summed E-state index contributed by atoms with van der Waals surface area (Å²) in [4.78, 5) is 22.6. The van der Waals surface area contributed by atoms with Gasteiger partial charge in [0.1, 0.15) is 6.10 Å². The smallest absolute Gasteiger partial charge is 0.416 e. The Labute approximate surface area is 164 Å². The van der Waals surface area contributed by atoms with Crippen LogP contribution >= 0.6 is 0 Å². The monoisotopic (exact) mass is 408 g/mol. The number of nitrogens with zero attached hydrogens (tertiary/aromatic N) is 2. The van der Waals surface area contributed by atoms with Gasteiger partial charge in [-0.05, 0) is 37.0 Å². The van der Waals surface area contributed by atoms with E-state index in [1.54, 1.807) is 6.07 Å². The minimum absolute atomic E-state index is 0.161. The van der Waals surface area contributed by atoms with Gasteiger partial charge >= 0.3 is 18.1 Å². The van der Waals surface area contributed by atoms with Gasteiger partial charge in [-0.25, -0.2) is 0 Å².